The van der Waals surface area contributed by atoms with Crippen molar-refractivity contribution in [1.82, 2.24) is 14.8 Å². The van der Waals surface area contributed by atoms with Gasteiger partial charge in [0.1, 0.15) is 17.9 Å². The van der Waals surface area contributed by atoms with Crippen LogP contribution in [0.5, 0.6) is 5.75 Å². The summed E-state index contributed by atoms with van der Waals surface area (Å²) in [7, 11) is 0. The number of hydrogen-bond donors (Lipinski definition) is 1. The molecular formula is C30H26BrN3O4. The normalized spacial score (nSPS) is 14.9. The number of carbonyl (C=O) groups excluding carboxylic acids is 3. The van der Waals surface area contributed by atoms with Gasteiger partial charge in [-0.25, -0.2) is 4.79 Å². The zero-order valence-electron chi connectivity index (χ0n) is 21.0. The minimum absolute atomic E-state index is 0.0687. The number of imide groups is 2. The number of benzene rings is 3. The first-order valence-corrected chi connectivity index (χ1v) is 13.0. The Morgan fingerprint density at radius 1 is 0.947 bits per heavy atom. The van der Waals surface area contributed by atoms with Gasteiger partial charge in [0.25, 0.3) is 11.8 Å². The fraction of sp³-hybridized carbons (Fsp3) is 0.167. The lowest BCUT2D eigenvalue weighted by atomic mass is 10.1. The number of halogens is 1. The van der Waals surface area contributed by atoms with Crippen molar-refractivity contribution < 1.29 is 19.1 Å². The highest BCUT2D eigenvalue weighted by molar-refractivity contribution is 9.10. The van der Waals surface area contributed by atoms with Crippen molar-refractivity contribution >= 4 is 50.8 Å². The SMILES string of the molecule is Cc1ccc(OCCn2cc(/C=C3\C(=O)NC(=O)N(Cc4ccccc4)C3=O)c3cc(Br)ccc32)cc1C. The molecular weight excluding hydrogens is 546 g/mol. The van der Waals surface area contributed by atoms with Crippen LogP contribution in [0.3, 0.4) is 0 Å². The average molecular weight is 572 g/mol. The van der Waals surface area contributed by atoms with Crippen molar-refractivity contribution in [3.8, 4) is 5.75 Å². The molecule has 7 nitrogen and oxygen atoms in total. The lowest BCUT2D eigenvalue weighted by Gasteiger charge is -2.26. The first-order chi connectivity index (χ1) is 18.3. The number of fused-ring (bicyclic) bond motifs is 1. The Hall–Kier alpha value is -4.17. The molecule has 0 radical (unpaired) electrons. The van der Waals surface area contributed by atoms with Gasteiger partial charge in [-0.2, -0.15) is 0 Å². The van der Waals surface area contributed by atoms with E-state index in [9.17, 15) is 14.4 Å². The summed E-state index contributed by atoms with van der Waals surface area (Å²) in [6, 6.07) is 20.3. The Balaban J connectivity index is 1.43. The van der Waals surface area contributed by atoms with Gasteiger partial charge in [0.15, 0.2) is 0 Å². The quantitative estimate of drug-likeness (QED) is 0.226. The van der Waals surface area contributed by atoms with Crippen molar-refractivity contribution in [2.75, 3.05) is 6.61 Å². The molecule has 0 atom stereocenters. The molecule has 192 valence electrons. The van der Waals surface area contributed by atoms with Crippen LogP contribution in [0.15, 0.2) is 83.0 Å². The number of hydrogen-bond acceptors (Lipinski definition) is 4. The monoisotopic (exact) mass is 571 g/mol. The molecule has 1 N–H and O–H groups in total. The topological polar surface area (TPSA) is 80.6 Å². The molecule has 1 aliphatic rings. The molecule has 38 heavy (non-hydrogen) atoms. The molecule has 0 saturated carbocycles. The zero-order valence-corrected chi connectivity index (χ0v) is 22.6. The lowest BCUT2D eigenvalue weighted by molar-refractivity contribution is -0.130. The standard InChI is InChI=1S/C30H26BrN3O4/c1-19-8-10-24(14-20(19)2)38-13-12-33-18-22(25-16-23(31)9-11-27(25)33)15-26-28(35)32-30(37)34(29(26)36)17-21-6-4-3-5-7-21/h3-11,14-16,18H,12-13,17H2,1-2H3,(H,32,35,37)/b26-15+. The van der Waals surface area contributed by atoms with E-state index in [4.69, 9.17) is 4.74 Å². The molecule has 8 heteroatoms. The van der Waals surface area contributed by atoms with Crippen LogP contribution in [0.1, 0.15) is 22.3 Å². The molecule has 0 aliphatic carbocycles. The number of amides is 4. The van der Waals surface area contributed by atoms with Gasteiger partial charge in [-0.3, -0.25) is 19.8 Å². The summed E-state index contributed by atoms with van der Waals surface area (Å²) < 4.78 is 8.89. The van der Waals surface area contributed by atoms with Crippen LogP contribution in [0.4, 0.5) is 4.79 Å². The molecule has 3 aromatic carbocycles. The number of urea groups is 1. The van der Waals surface area contributed by atoms with E-state index in [1.54, 1.807) is 6.08 Å². The largest absolute Gasteiger partial charge is 0.492 e. The Labute approximate surface area is 228 Å². The molecule has 4 amide bonds. The molecule has 0 spiro atoms. The Morgan fingerprint density at radius 2 is 1.74 bits per heavy atom. The first kappa shape index (κ1) is 25.5. The third kappa shape index (κ3) is 5.26. The Bertz CT molecular complexity index is 1590. The third-order valence-corrected chi connectivity index (χ3v) is 7.12. The summed E-state index contributed by atoms with van der Waals surface area (Å²) in [4.78, 5) is 39.5. The maximum absolute atomic E-state index is 13.3. The number of aromatic nitrogens is 1. The minimum atomic E-state index is -0.727. The Morgan fingerprint density at radius 3 is 2.50 bits per heavy atom. The second-order valence-electron chi connectivity index (χ2n) is 9.23. The smallest absolute Gasteiger partial charge is 0.331 e. The highest BCUT2D eigenvalue weighted by Crippen LogP contribution is 2.28. The van der Waals surface area contributed by atoms with Crippen molar-refractivity contribution in [3.63, 3.8) is 0 Å². The van der Waals surface area contributed by atoms with E-state index < -0.39 is 17.8 Å². The maximum atomic E-state index is 13.3. The van der Waals surface area contributed by atoms with Crippen molar-refractivity contribution in [2.24, 2.45) is 0 Å². The molecule has 5 rings (SSSR count). The van der Waals surface area contributed by atoms with Gasteiger partial charge in [-0.1, -0.05) is 52.3 Å². The van der Waals surface area contributed by atoms with E-state index in [-0.39, 0.29) is 12.1 Å². The number of nitrogens with zero attached hydrogens (tertiary/aromatic N) is 2. The summed E-state index contributed by atoms with van der Waals surface area (Å²) in [5.41, 5.74) is 4.70. The molecule has 1 fully saturated rings. The van der Waals surface area contributed by atoms with E-state index in [0.717, 1.165) is 31.6 Å². The summed E-state index contributed by atoms with van der Waals surface area (Å²) in [5, 5.41) is 3.17. The number of carbonyl (C=O) groups is 3. The number of aryl methyl sites for hydroxylation is 2. The highest BCUT2D eigenvalue weighted by atomic mass is 79.9. The van der Waals surface area contributed by atoms with Gasteiger partial charge in [-0.15, -0.1) is 0 Å². The van der Waals surface area contributed by atoms with Crippen LogP contribution in [-0.4, -0.2) is 33.9 Å². The van der Waals surface area contributed by atoms with Crippen LogP contribution in [0.2, 0.25) is 0 Å². The van der Waals surface area contributed by atoms with E-state index in [2.05, 4.69) is 35.1 Å². The maximum Gasteiger partial charge on any atom is 0.331 e. The number of barbiturate groups is 1. The molecule has 1 aromatic heterocycles. The fourth-order valence-electron chi connectivity index (χ4n) is 4.42. The van der Waals surface area contributed by atoms with Gasteiger partial charge in [0.2, 0.25) is 0 Å². The van der Waals surface area contributed by atoms with E-state index in [1.165, 1.54) is 11.1 Å². The second-order valence-corrected chi connectivity index (χ2v) is 10.1. The van der Waals surface area contributed by atoms with Gasteiger partial charge in [0, 0.05) is 27.1 Å². The molecule has 4 aromatic rings. The summed E-state index contributed by atoms with van der Waals surface area (Å²) in [6.45, 7) is 5.19. The zero-order chi connectivity index (χ0) is 26.8. The van der Waals surface area contributed by atoms with Crippen molar-refractivity contribution in [1.29, 1.82) is 0 Å². The highest BCUT2D eigenvalue weighted by Gasteiger charge is 2.35. The summed E-state index contributed by atoms with van der Waals surface area (Å²) >= 11 is 3.52. The summed E-state index contributed by atoms with van der Waals surface area (Å²) in [6.07, 6.45) is 3.45. The predicted octanol–water partition coefficient (Wildman–Crippen LogP) is 5.76. The lowest BCUT2D eigenvalue weighted by Crippen LogP contribution is -2.53. The van der Waals surface area contributed by atoms with Gasteiger partial charge in [0.05, 0.1) is 13.1 Å². The van der Waals surface area contributed by atoms with Crippen LogP contribution in [0, 0.1) is 13.8 Å². The van der Waals surface area contributed by atoms with E-state index in [0.29, 0.717) is 18.7 Å². The average Bonchev–Trinajstić information content (AvgIpc) is 3.23. The van der Waals surface area contributed by atoms with Crippen LogP contribution >= 0.6 is 15.9 Å². The second kappa shape index (κ2) is 10.7. The molecule has 0 bridgehead atoms. The Kier molecular flexibility index (Phi) is 7.15. The van der Waals surface area contributed by atoms with Crippen LogP contribution < -0.4 is 10.1 Å². The van der Waals surface area contributed by atoms with E-state index >= 15 is 0 Å². The van der Waals surface area contributed by atoms with Crippen molar-refractivity contribution in [3.05, 3.63) is 105 Å². The minimum Gasteiger partial charge on any atom is -0.492 e. The van der Waals surface area contributed by atoms with Gasteiger partial charge in [-0.05, 0) is 66.9 Å². The van der Waals surface area contributed by atoms with Crippen LogP contribution in [0.25, 0.3) is 17.0 Å². The van der Waals surface area contributed by atoms with E-state index in [1.807, 2.05) is 77.5 Å². The van der Waals surface area contributed by atoms with Crippen molar-refractivity contribution in [2.45, 2.75) is 26.9 Å². The predicted molar refractivity (Wildman–Crippen MR) is 150 cm³/mol. The fourth-order valence-corrected chi connectivity index (χ4v) is 4.78. The molecule has 2 heterocycles. The third-order valence-electron chi connectivity index (χ3n) is 6.62. The van der Waals surface area contributed by atoms with Crippen LogP contribution in [-0.2, 0) is 22.7 Å². The van der Waals surface area contributed by atoms with Gasteiger partial charge < -0.3 is 9.30 Å². The number of nitrogens with one attached hydrogen (secondary N) is 1. The molecule has 0 unspecified atom stereocenters. The number of ether oxygens (including phenoxy) is 1. The molecule has 1 aliphatic heterocycles. The number of rotatable bonds is 7. The first-order valence-electron chi connectivity index (χ1n) is 12.2. The summed E-state index contributed by atoms with van der Waals surface area (Å²) in [5.74, 6) is -0.530. The van der Waals surface area contributed by atoms with Gasteiger partial charge >= 0.3 is 6.03 Å². The molecule has 1 saturated heterocycles.